The summed E-state index contributed by atoms with van der Waals surface area (Å²) >= 11 is 0. The Balaban J connectivity index is 1.92. The first kappa shape index (κ1) is 12.6. The van der Waals surface area contributed by atoms with Crippen LogP contribution in [0.25, 0.3) is 11.1 Å². The van der Waals surface area contributed by atoms with Crippen LogP contribution in [0.2, 0.25) is 0 Å². The smallest absolute Gasteiger partial charge is 0.0357 e. The van der Waals surface area contributed by atoms with Crippen molar-refractivity contribution >= 4 is 0 Å². The molecule has 0 spiro atoms. The molecule has 1 radical (unpaired) electrons. The molecule has 0 aromatic heterocycles. The SMILES string of the molecule is CC(C)C1=CC[C]=C1C1c2ccccc2-c2ccccc21. The van der Waals surface area contributed by atoms with E-state index in [1.54, 1.807) is 0 Å². The summed E-state index contributed by atoms with van der Waals surface area (Å²) in [4.78, 5) is 0. The Hall–Kier alpha value is -2.08. The summed E-state index contributed by atoms with van der Waals surface area (Å²) in [6, 6.07) is 17.7. The first-order valence-corrected chi connectivity index (χ1v) is 7.76. The van der Waals surface area contributed by atoms with Crippen LogP contribution in [0.5, 0.6) is 0 Å². The van der Waals surface area contributed by atoms with Crippen molar-refractivity contribution in [2.24, 2.45) is 5.92 Å². The van der Waals surface area contributed by atoms with Gasteiger partial charge in [-0.1, -0.05) is 68.5 Å². The summed E-state index contributed by atoms with van der Waals surface area (Å²) in [7, 11) is 0. The minimum atomic E-state index is 0.369. The summed E-state index contributed by atoms with van der Waals surface area (Å²) < 4.78 is 0. The third-order valence-corrected chi connectivity index (χ3v) is 4.67. The van der Waals surface area contributed by atoms with Gasteiger partial charge in [-0.3, -0.25) is 0 Å². The Bertz CT molecular complexity index is 714. The summed E-state index contributed by atoms with van der Waals surface area (Å²) in [5.41, 5.74) is 8.54. The zero-order valence-corrected chi connectivity index (χ0v) is 12.6. The fourth-order valence-corrected chi connectivity index (χ4v) is 3.76. The molecule has 2 aromatic carbocycles. The Morgan fingerprint density at radius 1 is 0.905 bits per heavy atom. The third kappa shape index (κ3) is 1.82. The molecule has 2 aliphatic rings. The van der Waals surface area contributed by atoms with Gasteiger partial charge in [0.25, 0.3) is 0 Å². The molecule has 2 aliphatic carbocycles. The fraction of sp³-hybridized carbons (Fsp3) is 0.238. The second-order valence-corrected chi connectivity index (χ2v) is 6.22. The molecule has 0 heteroatoms. The molecule has 4 rings (SSSR count). The maximum absolute atomic E-state index is 3.64. The van der Waals surface area contributed by atoms with Gasteiger partial charge in [0.1, 0.15) is 0 Å². The molecule has 103 valence electrons. The normalized spacial score (nSPS) is 16.7. The van der Waals surface area contributed by atoms with Crippen molar-refractivity contribution in [3.63, 3.8) is 0 Å². The molecule has 0 heterocycles. The highest BCUT2D eigenvalue weighted by Crippen LogP contribution is 2.51. The molecular weight excluding hydrogens is 252 g/mol. The quantitative estimate of drug-likeness (QED) is 0.675. The van der Waals surface area contributed by atoms with Gasteiger partial charge in [-0.15, -0.1) is 0 Å². The molecule has 2 aromatic rings. The van der Waals surface area contributed by atoms with Crippen LogP contribution >= 0.6 is 0 Å². The Labute approximate surface area is 126 Å². The highest BCUT2D eigenvalue weighted by Gasteiger charge is 2.33. The van der Waals surface area contributed by atoms with E-state index in [1.165, 1.54) is 33.4 Å². The number of rotatable bonds is 2. The van der Waals surface area contributed by atoms with E-state index < -0.39 is 0 Å². The van der Waals surface area contributed by atoms with E-state index >= 15 is 0 Å². The molecular formula is C21H19. The molecule has 0 bridgehead atoms. The van der Waals surface area contributed by atoms with E-state index in [2.05, 4.69) is 74.5 Å². The van der Waals surface area contributed by atoms with Crippen molar-refractivity contribution in [3.05, 3.63) is 83.0 Å². The molecule has 0 fully saturated rings. The Kier molecular flexibility index (Phi) is 2.85. The lowest BCUT2D eigenvalue weighted by molar-refractivity contribution is 0.760. The molecule has 0 nitrogen and oxygen atoms in total. The van der Waals surface area contributed by atoms with Gasteiger partial charge >= 0.3 is 0 Å². The lowest BCUT2D eigenvalue weighted by atomic mass is 9.83. The minimum Gasteiger partial charge on any atom is -0.0763 e. The van der Waals surface area contributed by atoms with Gasteiger partial charge in [0, 0.05) is 5.92 Å². The number of benzene rings is 2. The molecule has 0 saturated heterocycles. The second-order valence-electron chi connectivity index (χ2n) is 6.22. The van der Waals surface area contributed by atoms with Crippen LogP contribution in [0.3, 0.4) is 0 Å². The average Bonchev–Trinajstić information content (AvgIpc) is 3.09. The van der Waals surface area contributed by atoms with Crippen molar-refractivity contribution in [2.45, 2.75) is 26.2 Å². The third-order valence-electron chi connectivity index (χ3n) is 4.67. The number of allylic oxidation sites excluding steroid dienone is 4. The van der Waals surface area contributed by atoms with Crippen molar-refractivity contribution in [1.29, 1.82) is 0 Å². The number of hydrogen-bond donors (Lipinski definition) is 0. The van der Waals surface area contributed by atoms with Gasteiger partial charge in [0.05, 0.1) is 0 Å². The fourth-order valence-electron chi connectivity index (χ4n) is 3.76. The van der Waals surface area contributed by atoms with E-state index in [-0.39, 0.29) is 0 Å². The van der Waals surface area contributed by atoms with E-state index in [0.29, 0.717) is 11.8 Å². The molecule has 0 amide bonds. The van der Waals surface area contributed by atoms with Crippen molar-refractivity contribution in [3.8, 4) is 11.1 Å². The van der Waals surface area contributed by atoms with E-state index in [0.717, 1.165) is 6.42 Å². The maximum atomic E-state index is 3.64. The van der Waals surface area contributed by atoms with Crippen LogP contribution in [0.15, 0.2) is 65.8 Å². The topological polar surface area (TPSA) is 0 Å². The minimum absolute atomic E-state index is 0.369. The maximum Gasteiger partial charge on any atom is 0.0357 e. The second kappa shape index (κ2) is 4.73. The van der Waals surface area contributed by atoms with Gasteiger partial charge in [-0.25, -0.2) is 0 Å². The van der Waals surface area contributed by atoms with Gasteiger partial charge in [-0.05, 0) is 51.8 Å². The zero-order chi connectivity index (χ0) is 14.4. The van der Waals surface area contributed by atoms with Crippen LogP contribution in [-0.2, 0) is 0 Å². The average molecular weight is 271 g/mol. The van der Waals surface area contributed by atoms with Crippen LogP contribution < -0.4 is 0 Å². The lowest BCUT2D eigenvalue weighted by Crippen LogP contribution is -2.06. The molecule has 0 atom stereocenters. The number of fused-ring (bicyclic) bond motifs is 3. The summed E-state index contributed by atoms with van der Waals surface area (Å²) in [6.45, 7) is 4.57. The highest BCUT2D eigenvalue weighted by atomic mass is 14.4. The van der Waals surface area contributed by atoms with Gasteiger partial charge in [0.15, 0.2) is 0 Å². The summed E-state index contributed by atoms with van der Waals surface area (Å²) in [5.74, 6) is 0.934. The predicted molar refractivity (Wildman–Crippen MR) is 88.0 cm³/mol. The molecule has 0 saturated carbocycles. The van der Waals surface area contributed by atoms with Crippen LogP contribution in [0, 0.1) is 12.0 Å². The first-order valence-electron chi connectivity index (χ1n) is 7.76. The first-order chi connectivity index (χ1) is 10.3. The van der Waals surface area contributed by atoms with Crippen LogP contribution in [0.1, 0.15) is 37.3 Å². The largest absolute Gasteiger partial charge is 0.0763 e. The molecule has 0 unspecified atom stereocenters. The van der Waals surface area contributed by atoms with Crippen LogP contribution in [0.4, 0.5) is 0 Å². The summed E-state index contributed by atoms with van der Waals surface area (Å²) in [6.07, 6.45) is 6.95. The lowest BCUT2D eigenvalue weighted by Gasteiger charge is -2.20. The van der Waals surface area contributed by atoms with Gasteiger partial charge in [-0.2, -0.15) is 0 Å². The van der Waals surface area contributed by atoms with Gasteiger partial charge in [0.2, 0.25) is 0 Å². The van der Waals surface area contributed by atoms with E-state index in [1.807, 2.05) is 0 Å². The standard InChI is InChI=1S/C21H19/c1-14(2)15-12-7-13-18(15)21-19-10-5-3-8-16(19)17-9-4-6-11-20(17)21/h3-6,8-12,14,21H,7H2,1-2H3. The zero-order valence-electron chi connectivity index (χ0n) is 12.6. The van der Waals surface area contributed by atoms with E-state index in [9.17, 15) is 0 Å². The molecule has 0 aliphatic heterocycles. The Morgan fingerprint density at radius 2 is 1.48 bits per heavy atom. The monoisotopic (exact) mass is 271 g/mol. The molecule has 21 heavy (non-hydrogen) atoms. The van der Waals surface area contributed by atoms with E-state index in [4.69, 9.17) is 0 Å². The predicted octanol–water partition coefficient (Wildman–Crippen LogP) is 5.51. The Morgan fingerprint density at radius 3 is 2.05 bits per heavy atom. The van der Waals surface area contributed by atoms with Crippen LogP contribution in [-0.4, -0.2) is 0 Å². The summed E-state index contributed by atoms with van der Waals surface area (Å²) in [5, 5.41) is 0. The number of hydrogen-bond acceptors (Lipinski definition) is 0. The van der Waals surface area contributed by atoms with Crippen molar-refractivity contribution in [2.75, 3.05) is 0 Å². The van der Waals surface area contributed by atoms with Gasteiger partial charge < -0.3 is 0 Å². The van der Waals surface area contributed by atoms with Crippen molar-refractivity contribution < 1.29 is 0 Å². The highest BCUT2D eigenvalue weighted by molar-refractivity contribution is 5.81. The molecule has 0 N–H and O–H groups in total. The van der Waals surface area contributed by atoms with Crippen molar-refractivity contribution in [1.82, 2.24) is 0 Å².